The zero-order valence-corrected chi connectivity index (χ0v) is 9.95. The van der Waals surface area contributed by atoms with Gasteiger partial charge in [0.1, 0.15) is 6.67 Å². The molecule has 4 heteroatoms. The van der Waals surface area contributed by atoms with Gasteiger partial charge in [-0.05, 0) is 16.7 Å². The van der Waals surface area contributed by atoms with Crippen LogP contribution in [0.15, 0.2) is 64.9 Å². The minimum Gasteiger partial charge on any atom is -0.220 e. The highest BCUT2D eigenvalue weighted by atomic mass is 15.8. The summed E-state index contributed by atoms with van der Waals surface area (Å²) in [5.74, 6) is 0. The summed E-state index contributed by atoms with van der Waals surface area (Å²) in [6, 6.07) is 19.0. The molecule has 0 fully saturated rings. The van der Waals surface area contributed by atoms with Crippen molar-refractivity contribution in [2.24, 2.45) is 10.3 Å². The van der Waals surface area contributed by atoms with E-state index >= 15 is 0 Å². The molecule has 2 aromatic carbocycles. The SMILES string of the molecule is c1ccc(-c2ccc(CN3CN=NN3)cc2)cc1. The number of nitrogens with one attached hydrogen (secondary N) is 1. The van der Waals surface area contributed by atoms with Crippen LogP contribution in [0, 0.1) is 0 Å². The van der Waals surface area contributed by atoms with Crippen molar-refractivity contribution in [1.29, 1.82) is 0 Å². The van der Waals surface area contributed by atoms with Gasteiger partial charge >= 0.3 is 0 Å². The van der Waals surface area contributed by atoms with Crippen molar-refractivity contribution >= 4 is 0 Å². The van der Waals surface area contributed by atoms with Crippen molar-refractivity contribution in [2.75, 3.05) is 6.67 Å². The average molecular weight is 238 g/mol. The molecule has 2 aromatic rings. The summed E-state index contributed by atoms with van der Waals surface area (Å²) in [5.41, 5.74) is 6.57. The Morgan fingerprint density at radius 3 is 2.33 bits per heavy atom. The zero-order chi connectivity index (χ0) is 12.2. The molecule has 0 unspecified atom stereocenters. The lowest BCUT2D eigenvalue weighted by Crippen LogP contribution is -2.28. The predicted molar refractivity (Wildman–Crippen MR) is 70.3 cm³/mol. The summed E-state index contributed by atoms with van der Waals surface area (Å²) < 4.78 is 0. The fraction of sp³-hybridized carbons (Fsp3) is 0.143. The van der Waals surface area contributed by atoms with E-state index in [-0.39, 0.29) is 0 Å². The highest BCUT2D eigenvalue weighted by Crippen LogP contribution is 2.19. The number of hydrogen-bond acceptors (Lipinski definition) is 4. The Morgan fingerprint density at radius 2 is 1.67 bits per heavy atom. The first-order valence-electron chi connectivity index (χ1n) is 5.93. The van der Waals surface area contributed by atoms with Crippen molar-refractivity contribution in [3.63, 3.8) is 0 Å². The molecule has 0 aliphatic carbocycles. The third-order valence-electron chi connectivity index (χ3n) is 2.93. The lowest BCUT2D eigenvalue weighted by Gasteiger charge is -2.12. The standard InChI is InChI=1S/C14H14N4/c1-2-4-13(5-3-1)14-8-6-12(7-9-14)10-18-11-15-16-17-18/h1-9H,10-11H2,(H,15,17). The van der Waals surface area contributed by atoms with E-state index in [4.69, 9.17) is 0 Å². The van der Waals surface area contributed by atoms with Gasteiger partial charge in [-0.2, -0.15) is 10.1 Å². The second-order valence-corrected chi connectivity index (χ2v) is 4.24. The Bertz CT molecular complexity index is 525. The Hall–Kier alpha value is -2.20. The first-order valence-corrected chi connectivity index (χ1v) is 5.93. The van der Waals surface area contributed by atoms with E-state index in [9.17, 15) is 0 Å². The van der Waals surface area contributed by atoms with Gasteiger partial charge in [-0.15, -0.1) is 0 Å². The molecule has 0 saturated heterocycles. The van der Waals surface area contributed by atoms with Crippen molar-refractivity contribution in [2.45, 2.75) is 6.54 Å². The van der Waals surface area contributed by atoms with Crippen LogP contribution in [0.5, 0.6) is 0 Å². The molecule has 1 N–H and O–H groups in total. The molecule has 90 valence electrons. The second kappa shape index (κ2) is 4.98. The van der Waals surface area contributed by atoms with Gasteiger partial charge in [0.25, 0.3) is 0 Å². The number of benzene rings is 2. The number of hydrogen-bond donors (Lipinski definition) is 1. The lowest BCUT2D eigenvalue weighted by atomic mass is 10.0. The molecule has 0 aromatic heterocycles. The molecule has 1 heterocycles. The molecule has 0 bridgehead atoms. The van der Waals surface area contributed by atoms with Gasteiger partial charge in [-0.25, -0.2) is 5.53 Å². The van der Waals surface area contributed by atoms with Crippen LogP contribution in [-0.4, -0.2) is 11.7 Å². The van der Waals surface area contributed by atoms with Crippen LogP contribution in [0.2, 0.25) is 0 Å². The van der Waals surface area contributed by atoms with Crippen LogP contribution in [0.1, 0.15) is 5.56 Å². The number of nitrogens with zero attached hydrogens (tertiary/aromatic N) is 3. The van der Waals surface area contributed by atoms with Gasteiger partial charge in [-0.1, -0.05) is 59.8 Å². The maximum atomic E-state index is 3.87. The topological polar surface area (TPSA) is 40.0 Å². The quantitative estimate of drug-likeness (QED) is 0.892. The van der Waals surface area contributed by atoms with E-state index < -0.39 is 0 Å². The summed E-state index contributed by atoms with van der Waals surface area (Å²) >= 11 is 0. The molecule has 1 aliphatic heterocycles. The van der Waals surface area contributed by atoms with E-state index in [1.807, 2.05) is 11.1 Å². The summed E-state index contributed by atoms with van der Waals surface area (Å²) in [4.78, 5) is 0. The normalized spacial score (nSPS) is 14.7. The van der Waals surface area contributed by atoms with Crippen LogP contribution in [-0.2, 0) is 6.54 Å². The average Bonchev–Trinajstić information content (AvgIpc) is 2.94. The third kappa shape index (κ3) is 2.38. The molecule has 0 radical (unpaired) electrons. The van der Waals surface area contributed by atoms with Crippen molar-refractivity contribution in [3.05, 3.63) is 60.2 Å². The largest absolute Gasteiger partial charge is 0.220 e. The van der Waals surface area contributed by atoms with Gasteiger partial charge in [0.15, 0.2) is 0 Å². The fourth-order valence-electron chi connectivity index (χ4n) is 1.97. The fourth-order valence-corrected chi connectivity index (χ4v) is 1.97. The molecule has 4 nitrogen and oxygen atoms in total. The summed E-state index contributed by atoms with van der Waals surface area (Å²) in [5, 5.41) is 9.55. The lowest BCUT2D eigenvalue weighted by molar-refractivity contribution is 0.228. The van der Waals surface area contributed by atoms with Crippen LogP contribution in [0.25, 0.3) is 11.1 Å². The maximum absolute atomic E-state index is 3.87. The molecule has 1 aliphatic rings. The number of rotatable bonds is 3. The monoisotopic (exact) mass is 238 g/mol. The van der Waals surface area contributed by atoms with E-state index in [0.717, 1.165) is 6.54 Å². The molecular weight excluding hydrogens is 224 g/mol. The molecule has 0 atom stereocenters. The summed E-state index contributed by atoms with van der Waals surface area (Å²) in [7, 11) is 0. The van der Waals surface area contributed by atoms with E-state index in [0.29, 0.717) is 6.67 Å². The Labute approximate surface area is 106 Å². The molecular formula is C14H14N4. The second-order valence-electron chi connectivity index (χ2n) is 4.24. The van der Waals surface area contributed by atoms with E-state index in [2.05, 4.69) is 64.4 Å². The van der Waals surface area contributed by atoms with Crippen LogP contribution < -0.4 is 5.53 Å². The zero-order valence-electron chi connectivity index (χ0n) is 9.95. The van der Waals surface area contributed by atoms with Crippen LogP contribution in [0.4, 0.5) is 0 Å². The van der Waals surface area contributed by atoms with Crippen molar-refractivity contribution in [1.82, 2.24) is 10.5 Å². The molecule has 0 amide bonds. The highest BCUT2D eigenvalue weighted by molar-refractivity contribution is 5.63. The van der Waals surface area contributed by atoms with Gasteiger partial charge in [0.2, 0.25) is 0 Å². The van der Waals surface area contributed by atoms with Crippen molar-refractivity contribution < 1.29 is 0 Å². The summed E-state index contributed by atoms with van der Waals surface area (Å²) in [6.07, 6.45) is 0. The van der Waals surface area contributed by atoms with Crippen LogP contribution >= 0.6 is 0 Å². The van der Waals surface area contributed by atoms with Gasteiger partial charge in [0.05, 0.1) is 0 Å². The third-order valence-corrected chi connectivity index (χ3v) is 2.93. The first kappa shape index (κ1) is 10.9. The Balaban J connectivity index is 1.73. The number of hydrazine groups is 1. The van der Waals surface area contributed by atoms with Crippen molar-refractivity contribution in [3.8, 4) is 11.1 Å². The molecule has 3 rings (SSSR count). The summed E-state index contributed by atoms with van der Waals surface area (Å²) in [6.45, 7) is 1.42. The Morgan fingerprint density at radius 1 is 0.944 bits per heavy atom. The van der Waals surface area contributed by atoms with E-state index in [1.165, 1.54) is 16.7 Å². The predicted octanol–water partition coefficient (Wildman–Crippen LogP) is 3.00. The van der Waals surface area contributed by atoms with Crippen LogP contribution in [0.3, 0.4) is 0 Å². The Kier molecular flexibility index (Phi) is 3.02. The van der Waals surface area contributed by atoms with Gasteiger partial charge in [-0.3, -0.25) is 0 Å². The molecule has 18 heavy (non-hydrogen) atoms. The minimum absolute atomic E-state index is 0.612. The van der Waals surface area contributed by atoms with Gasteiger partial charge < -0.3 is 0 Å². The van der Waals surface area contributed by atoms with Gasteiger partial charge in [0, 0.05) is 6.54 Å². The molecule has 0 saturated carbocycles. The highest BCUT2D eigenvalue weighted by Gasteiger charge is 2.08. The molecule has 0 spiro atoms. The first-order chi connectivity index (χ1) is 8.92. The smallest absolute Gasteiger partial charge is 0.133 e. The minimum atomic E-state index is 0.612. The maximum Gasteiger partial charge on any atom is 0.133 e. The van der Waals surface area contributed by atoms with E-state index in [1.54, 1.807) is 0 Å².